The lowest BCUT2D eigenvalue weighted by Crippen LogP contribution is -2.21. The third-order valence-corrected chi connectivity index (χ3v) is 5.04. The van der Waals surface area contributed by atoms with E-state index in [9.17, 15) is 9.59 Å². The van der Waals surface area contributed by atoms with E-state index in [-0.39, 0.29) is 17.6 Å². The van der Waals surface area contributed by atoms with Gasteiger partial charge in [0.2, 0.25) is 5.43 Å². The second kappa shape index (κ2) is 5.25. The van der Waals surface area contributed by atoms with Crippen molar-refractivity contribution < 1.29 is 9.53 Å². The van der Waals surface area contributed by atoms with Crippen molar-refractivity contribution in [3.05, 3.63) is 32.7 Å². The average Bonchev–Trinajstić information content (AvgIpc) is 3.29. The molecule has 0 amide bonds. The lowest BCUT2D eigenvalue weighted by Gasteiger charge is -2.15. The van der Waals surface area contributed by atoms with Gasteiger partial charge in [-0.2, -0.15) is 0 Å². The second-order valence-corrected chi connectivity index (χ2v) is 6.63. The quantitative estimate of drug-likeness (QED) is 0.886. The summed E-state index contributed by atoms with van der Waals surface area (Å²) in [5.41, 5.74) is 3.99. The molecule has 0 atom stereocenters. The van der Waals surface area contributed by atoms with Gasteiger partial charge in [0.15, 0.2) is 0 Å². The van der Waals surface area contributed by atoms with Gasteiger partial charge in [0.05, 0.1) is 12.0 Å². The Kier molecular flexibility index (Phi) is 3.32. The van der Waals surface area contributed by atoms with Crippen LogP contribution in [0.4, 0.5) is 0 Å². The summed E-state index contributed by atoms with van der Waals surface area (Å²) in [6, 6.07) is 0.517. The van der Waals surface area contributed by atoms with Gasteiger partial charge in [-0.25, -0.2) is 4.79 Å². The maximum absolute atomic E-state index is 13.1. The Bertz CT molecular complexity index is 855. The fourth-order valence-electron chi connectivity index (χ4n) is 3.91. The molecule has 122 valence electrons. The summed E-state index contributed by atoms with van der Waals surface area (Å²) in [7, 11) is 0. The van der Waals surface area contributed by atoms with E-state index < -0.39 is 5.97 Å². The predicted octanol–water partition coefficient (Wildman–Crippen LogP) is 3.03. The van der Waals surface area contributed by atoms with Crippen molar-refractivity contribution in [2.75, 3.05) is 6.61 Å². The fourth-order valence-corrected chi connectivity index (χ4v) is 3.91. The molecular formula is C18H22N2O3. The first-order valence-corrected chi connectivity index (χ1v) is 8.59. The van der Waals surface area contributed by atoms with Gasteiger partial charge in [0, 0.05) is 17.4 Å². The minimum atomic E-state index is -0.517. The van der Waals surface area contributed by atoms with Crippen LogP contribution in [-0.4, -0.2) is 22.1 Å². The molecule has 5 heteroatoms. The van der Waals surface area contributed by atoms with E-state index in [2.05, 4.69) is 9.55 Å². The highest BCUT2D eigenvalue weighted by molar-refractivity contribution is 5.96. The first kappa shape index (κ1) is 14.5. The average molecular weight is 314 g/mol. The van der Waals surface area contributed by atoms with Gasteiger partial charge >= 0.3 is 5.97 Å². The minimum absolute atomic E-state index is 0.160. The fraction of sp³-hybridized carbons (Fsp3) is 0.556. The normalized spacial score (nSPS) is 17.3. The van der Waals surface area contributed by atoms with Crippen LogP contribution >= 0.6 is 0 Å². The molecule has 2 aromatic rings. The third-order valence-electron chi connectivity index (χ3n) is 5.04. The number of aromatic amines is 1. The maximum atomic E-state index is 13.1. The first-order valence-electron chi connectivity index (χ1n) is 8.59. The maximum Gasteiger partial charge on any atom is 0.343 e. The molecule has 1 saturated carbocycles. The van der Waals surface area contributed by atoms with Crippen LogP contribution < -0.4 is 5.43 Å². The number of carbonyl (C=O) groups is 1. The number of aromatic nitrogens is 2. The number of hydrogen-bond acceptors (Lipinski definition) is 3. The van der Waals surface area contributed by atoms with Gasteiger partial charge in [-0.05, 0) is 57.9 Å². The van der Waals surface area contributed by atoms with Crippen LogP contribution in [0.15, 0.2) is 4.79 Å². The molecule has 0 spiro atoms. The Labute approximate surface area is 134 Å². The number of hydrogen-bond donors (Lipinski definition) is 1. The zero-order valence-electron chi connectivity index (χ0n) is 13.7. The molecule has 2 heterocycles. The number of ether oxygens (including phenoxy) is 1. The van der Waals surface area contributed by atoms with Crippen molar-refractivity contribution in [2.24, 2.45) is 0 Å². The molecule has 0 radical (unpaired) electrons. The first-order chi connectivity index (χ1) is 11.1. The Hall–Kier alpha value is -2.04. The summed E-state index contributed by atoms with van der Waals surface area (Å²) in [6.07, 6.45) is 6.60. The molecule has 0 saturated heterocycles. The summed E-state index contributed by atoms with van der Waals surface area (Å²) in [4.78, 5) is 28.6. The molecule has 1 fully saturated rings. The van der Waals surface area contributed by atoms with Crippen molar-refractivity contribution in [2.45, 2.75) is 58.4 Å². The molecule has 0 bridgehead atoms. The van der Waals surface area contributed by atoms with Crippen LogP contribution in [0.1, 0.15) is 66.0 Å². The van der Waals surface area contributed by atoms with E-state index in [0.717, 1.165) is 35.9 Å². The molecule has 0 aromatic carbocycles. The number of nitrogens with zero attached hydrogens (tertiary/aromatic N) is 1. The van der Waals surface area contributed by atoms with Gasteiger partial charge in [0.25, 0.3) is 0 Å². The van der Waals surface area contributed by atoms with Gasteiger partial charge in [-0.15, -0.1) is 0 Å². The summed E-state index contributed by atoms with van der Waals surface area (Å²) in [6.45, 7) is 3.82. The molecule has 2 aromatic heterocycles. The molecule has 23 heavy (non-hydrogen) atoms. The van der Waals surface area contributed by atoms with Crippen molar-refractivity contribution in [3.63, 3.8) is 0 Å². The highest BCUT2D eigenvalue weighted by Gasteiger charge is 2.33. The van der Waals surface area contributed by atoms with Crippen LogP contribution in [0.25, 0.3) is 11.0 Å². The van der Waals surface area contributed by atoms with Crippen LogP contribution in [-0.2, 0) is 17.6 Å². The predicted molar refractivity (Wildman–Crippen MR) is 88.2 cm³/mol. The molecule has 1 N–H and O–H groups in total. The number of rotatable bonds is 3. The highest BCUT2D eigenvalue weighted by atomic mass is 16.5. The van der Waals surface area contributed by atoms with Crippen molar-refractivity contribution in [1.29, 1.82) is 0 Å². The van der Waals surface area contributed by atoms with Crippen LogP contribution in [0, 0.1) is 6.92 Å². The van der Waals surface area contributed by atoms with Gasteiger partial charge in [0.1, 0.15) is 11.2 Å². The summed E-state index contributed by atoms with van der Waals surface area (Å²) in [5, 5.41) is 0.722. The number of nitrogens with one attached hydrogen (secondary N) is 1. The van der Waals surface area contributed by atoms with Crippen LogP contribution in [0.3, 0.4) is 0 Å². The summed E-state index contributed by atoms with van der Waals surface area (Å²) < 4.78 is 7.42. The molecule has 2 aliphatic rings. The Balaban J connectivity index is 2.03. The number of fused-ring (bicyclic) bond motifs is 3. The molecule has 5 nitrogen and oxygen atoms in total. The molecule has 4 rings (SSSR count). The summed E-state index contributed by atoms with van der Waals surface area (Å²) in [5.74, 6) is -0.517. The standard InChI is InChI=1S/C18H22N2O3/c1-3-23-18(22)14-10(2)19-17-15(16(14)21)12-6-4-5-7-13(12)20(17)11-8-9-11/h11H,3-9H2,1-2H3,(H,19,21). The number of aryl methyl sites for hydroxylation is 2. The lowest BCUT2D eigenvalue weighted by molar-refractivity contribution is 0.0523. The van der Waals surface area contributed by atoms with E-state index in [1.165, 1.54) is 25.0 Å². The number of H-pyrrole nitrogens is 1. The summed E-state index contributed by atoms with van der Waals surface area (Å²) >= 11 is 0. The minimum Gasteiger partial charge on any atom is -0.462 e. The number of esters is 1. The van der Waals surface area contributed by atoms with Gasteiger partial charge in [-0.3, -0.25) is 4.79 Å². The molecule has 0 unspecified atom stereocenters. The van der Waals surface area contributed by atoms with Crippen molar-refractivity contribution >= 4 is 17.0 Å². The Morgan fingerprint density at radius 2 is 2.04 bits per heavy atom. The van der Waals surface area contributed by atoms with E-state index in [1.807, 2.05) is 0 Å². The van der Waals surface area contributed by atoms with Crippen LogP contribution in [0.2, 0.25) is 0 Å². The zero-order valence-corrected chi connectivity index (χ0v) is 13.7. The number of pyridine rings is 1. The monoisotopic (exact) mass is 314 g/mol. The smallest absolute Gasteiger partial charge is 0.343 e. The topological polar surface area (TPSA) is 64.1 Å². The van der Waals surface area contributed by atoms with E-state index in [0.29, 0.717) is 11.7 Å². The molecule has 2 aliphatic carbocycles. The van der Waals surface area contributed by atoms with Gasteiger partial charge < -0.3 is 14.3 Å². The second-order valence-electron chi connectivity index (χ2n) is 6.63. The SMILES string of the molecule is CCOC(=O)c1c(C)[nH]c2c(c3c(n2C2CC2)CCCC3)c1=O. The van der Waals surface area contributed by atoms with Crippen LogP contribution in [0.5, 0.6) is 0 Å². The lowest BCUT2D eigenvalue weighted by atomic mass is 9.95. The highest BCUT2D eigenvalue weighted by Crippen LogP contribution is 2.42. The largest absolute Gasteiger partial charge is 0.462 e. The van der Waals surface area contributed by atoms with E-state index >= 15 is 0 Å². The Morgan fingerprint density at radius 3 is 2.74 bits per heavy atom. The molecular weight excluding hydrogens is 292 g/mol. The number of carbonyl (C=O) groups excluding carboxylic acids is 1. The Morgan fingerprint density at radius 1 is 1.30 bits per heavy atom. The van der Waals surface area contributed by atoms with E-state index in [4.69, 9.17) is 4.74 Å². The van der Waals surface area contributed by atoms with Crippen molar-refractivity contribution in [3.8, 4) is 0 Å². The van der Waals surface area contributed by atoms with Crippen molar-refractivity contribution in [1.82, 2.24) is 9.55 Å². The van der Waals surface area contributed by atoms with Gasteiger partial charge in [-0.1, -0.05) is 0 Å². The molecule has 0 aliphatic heterocycles. The van der Waals surface area contributed by atoms with E-state index in [1.54, 1.807) is 13.8 Å². The zero-order chi connectivity index (χ0) is 16.1. The third kappa shape index (κ3) is 2.13.